The molecule has 0 aliphatic rings. The molecule has 16 heavy (non-hydrogen) atoms. The van der Waals surface area contributed by atoms with E-state index in [1.807, 2.05) is 30.3 Å². The van der Waals surface area contributed by atoms with E-state index in [-0.39, 0.29) is 0 Å². The van der Waals surface area contributed by atoms with Crippen LogP contribution in [0.2, 0.25) is 0 Å². The first-order chi connectivity index (χ1) is 7.79. The van der Waals surface area contributed by atoms with Gasteiger partial charge in [-0.05, 0) is 39.7 Å². The average Bonchev–Trinajstić information content (AvgIpc) is 2.33. The third-order valence-corrected chi connectivity index (χ3v) is 3.65. The minimum Gasteiger partial charge on any atom is -0.326 e. The van der Waals surface area contributed by atoms with E-state index in [4.69, 9.17) is 5.73 Å². The normalized spacial score (nSPS) is 10.4. The molecule has 0 fully saturated rings. The van der Waals surface area contributed by atoms with Crippen molar-refractivity contribution in [2.75, 3.05) is 0 Å². The van der Waals surface area contributed by atoms with Crippen molar-refractivity contribution in [1.82, 2.24) is 4.98 Å². The zero-order valence-corrected chi connectivity index (χ0v) is 11.0. The van der Waals surface area contributed by atoms with Gasteiger partial charge in [-0.1, -0.05) is 30.0 Å². The first-order valence-electron chi connectivity index (χ1n) is 4.87. The second kappa shape index (κ2) is 5.48. The number of pyridine rings is 1. The highest BCUT2D eigenvalue weighted by molar-refractivity contribution is 9.10. The average molecular weight is 295 g/mol. The molecule has 4 heteroatoms. The third kappa shape index (κ3) is 2.84. The summed E-state index contributed by atoms with van der Waals surface area (Å²) in [7, 11) is 0. The Labute approximate surface area is 107 Å². The van der Waals surface area contributed by atoms with E-state index in [0.29, 0.717) is 6.54 Å². The molecule has 0 spiro atoms. The van der Waals surface area contributed by atoms with Crippen LogP contribution in [-0.2, 0) is 6.54 Å². The largest absolute Gasteiger partial charge is 0.326 e. The smallest absolute Gasteiger partial charge is 0.101 e. The van der Waals surface area contributed by atoms with Crippen LogP contribution < -0.4 is 5.73 Å². The second-order valence-electron chi connectivity index (χ2n) is 3.23. The van der Waals surface area contributed by atoms with E-state index in [1.54, 1.807) is 18.0 Å². The second-order valence-corrected chi connectivity index (χ2v) is 5.21. The van der Waals surface area contributed by atoms with Gasteiger partial charge in [-0.3, -0.25) is 0 Å². The van der Waals surface area contributed by atoms with Gasteiger partial charge >= 0.3 is 0 Å². The first kappa shape index (κ1) is 11.6. The molecule has 82 valence electrons. The van der Waals surface area contributed by atoms with Gasteiger partial charge in [0.2, 0.25) is 0 Å². The quantitative estimate of drug-likeness (QED) is 0.942. The lowest BCUT2D eigenvalue weighted by Crippen LogP contribution is -1.97. The summed E-state index contributed by atoms with van der Waals surface area (Å²) in [6.07, 6.45) is 1.80. The van der Waals surface area contributed by atoms with Crippen molar-refractivity contribution >= 4 is 27.7 Å². The molecule has 0 aliphatic heterocycles. The maximum absolute atomic E-state index is 5.69. The van der Waals surface area contributed by atoms with Crippen LogP contribution in [0, 0.1) is 0 Å². The molecule has 0 amide bonds. The highest BCUT2D eigenvalue weighted by Crippen LogP contribution is 2.29. The standard InChI is InChI=1S/C12H11BrN2S/c13-10-5-6-12(15-8-10)16-11-4-2-1-3-9(11)7-14/h1-6,8H,7,14H2. The summed E-state index contributed by atoms with van der Waals surface area (Å²) in [5.41, 5.74) is 6.84. The van der Waals surface area contributed by atoms with Crippen LogP contribution in [0.5, 0.6) is 0 Å². The summed E-state index contributed by atoms with van der Waals surface area (Å²) in [5, 5.41) is 0.976. The Hall–Kier alpha value is -0.840. The Morgan fingerprint density at radius 2 is 2.00 bits per heavy atom. The molecule has 2 aromatic rings. The van der Waals surface area contributed by atoms with Gasteiger partial charge in [0, 0.05) is 22.1 Å². The number of halogens is 1. The van der Waals surface area contributed by atoms with E-state index in [2.05, 4.69) is 27.0 Å². The van der Waals surface area contributed by atoms with E-state index >= 15 is 0 Å². The molecule has 0 radical (unpaired) electrons. The number of benzene rings is 1. The van der Waals surface area contributed by atoms with Gasteiger partial charge in [0.15, 0.2) is 0 Å². The van der Waals surface area contributed by atoms with Crippen molar-refractivity contribution in [3.05, 3.63) is 52.6 Å². The van der Waals surface area contributed by atoms with Gasteiger partial charge in [-0.25, -0.2) is 4.98 Å². The van der Waals surface area contributed by atoms with Gasteiger partial charge in [-0.2, -0.15) is 0 Å². The van der Waals surface area contributed by atoms with Crippen molar-refractivity contribution in [1.29, 1.82) is 0 Å². The van der Waals surface area contributed by atoms with Crippen LogP contribution >= 0.6 is 27.7 Å². The Morgan fingerprint density at radius 3 is 2.69 bits per heavy atom. The summed E-state index contributed by atoms with van der Waals surface area (Å²) in [6, 6.07) is 12.1. The number of rotatable bonds is 3. The molecule has 2 N–H and O–H groups in total. The topological polar surface area (TPSA) is 38.9 Å². The molecule has 0 saturated heterocycles. The highest BCUT2D eigenvalue weighted by Gasteiger charge is 2.03. The fraction of sp³-hybridized carbons (Fsp3) is 0.0833. The first-order valence-corrected chi connectivity index (χ1v) is 6.48. The van der Waals surface area contributed by atoms with E-state index in [1.165, 1.54) is 4.90 Å². The number of hydrogen-bond donors (Lipinski definition) is 1. The van der Waals surface area contributed by atoms with Gasteiger partial charge in [0.05, 0.1) is 0 Å². The zero-order valence-electron chi connectivity index (χ0n) is 8.56. The Balaban J connectivity index is 2.23. The van der Waals surface area contributed by atoms with Gasteiger partial charge in [0.25, 0.3) is 0 Å². The Morgan fingerprint density at radius 1 is 1.19 bits per heavy atom. The summed E-state index contributed by atoms with van der Waals surface area (Å²) in [6.45, 7) is 0.555. The van der Waals surface area contributed by atoms with Crippen molar-refractivity contribution in [2.24, 2.45) is 5.73 Å². The van der Waals surface area contributed by atoms with Crippen LogP contribution in [0.4, 0.5) is 0 Å². The fourth-order valence-electron chi connectivity index (χ4n) is 1.31. The Bertz CT molecular complexity index is 471. The molecule has 0 unspecified atom stereocenters. The third-order valence-electron chi connectivity index (χ3n) is 2.11. The molecular weight excluding hydrogens is 284 g/mol. The molecule has 1 aromatic heterocycles. The summed E-state index contributed by atoms with van der Waals surface area (Å²) in [5.74, 6) is 0. The fourth-order valence-corrected chi connectivity index (χ4v) is 2.44. The number of nitrogens with zero attached hydrogens (tertiary/aromatic N) is 1. The lowest BCUT2D eigenvalue weighted by Gasteiger charge is -2.06. The molecule has 0 bridgehead atoms. The van der Waals surface area contributed by atoms with E-state index in [9.17, 15) is 0 Å². The SMILES string of the molecule is NCc1ccccc1Sc1ccc(Br)cn1. The Kier molecular flexibility index (Phi) is 3.98. The summed E-state index contributed by atoms with van der Waals surface area (Å²) >= 11 is 5.00. The van der Waals surface area contributed by atoms with Crippen LogP contribution in [0.15, 0.2) is 57.0 Å². The molecule has 1 aromatic carbocycles. The van der Waals surface area contributed by atoms with Gasteiger partial charge < -0.3 is 5.73 Å². The summed E-state index contributed by atoms with van der Waals surface area (Å²) in [4.78, 5) is 5.49. The van der Waals surface area contributed by atoms with Crippen LogP contribution in [0.1, 0.15) is 5.56 Å². The molecule has 0 aliphatic carbocycles. The van der Waals surface area contributed by atoms with Crippen molar-refractivity contribution in [3.8, 4) is 0 Å². The van der Waals surface area contributed by atoms with E-state index in [0.717, 1.165) is 15.1 Å². The van der Waals surface area contributed by atoms with Crippen LogP contribution in [0.3, 0.4) is 0 Å². The molecule has 2 rings (SSSR count). The van der Waals surface area contributed by atoms with Gasteiger partial charge in [-0.15, -0.1) is 0 Å². The zero-order chi connectivity index (χ0) is 11.4. The maximum atomic E-state index is 5.69. The number of hydrogen-bond acceptors (Lipinski definition) is 3. The van der Waals surface area contributed by atoms with Crippen LogP contribution in [0.25, 0.3) is 0 Å². The number of nitrogens with two attached hydrogens (primary N) is 1. The molecule has 0 saturated carbocycles. The van der Waals surface area contributed by atoms with Crippen molar-refractivity contribution in [2.45, 2.75) is 16.5 Å². The van der Waals surface area contributed by atoms with Gasteiger partial charge in [0.1, 0.15) is 5.03 Å². The van der Waals surface area contributed by atoms with Crippen molar-refractivity contribution < 1.29 is 0 Å². The highest BCUT2D eigenvalue weighted by atomic mass is 79.9. The molecular formula is C12H11BrN2S. The lowest BCUT2D eigenvalue weighted by molar-refractivity contribution is 1.02. The number of aromatic nitrogens is 1. The minimum atomic E-state index is 0.555. The van der Waals surface area contributed by atoms with E-state index < -0.39 is 0 Å². The molecule has 0 atom stereocenters. The molecule has 1 heterocycles. The predicted molar refractivity (Wildman–Crippen MR) is 70.4 cm³/mol. The van der Waals surface area contributed by atoms with Crippen molar-refractivity contribution in [3.63, 3.8) is 0 Å². The summed E-state index contributed by atoms with van der Waals surface area (Å²) < 4.78 is 0.990. The van der Waals surface area contributed by atoms with Crippen LogP contribution in [-0.4, -0.2) is 4.98 Å². The predicted octanol–water partition coefficient (Wildman–Crippen LogP) is 3.45. The molecule has 2 nitrogen and oxygen atoms in total. The monoisotopic (exact) mass is 294 g/mol. The minimum absolute atomic E-state index is 0.555. The maximum Gasteiger partial charge on any atom is 0.101 e. The lowest BCUT2D eigenvalue weighted by atomic mass is 10.2.